The molecule has 0 aliphatic carbocycles. The predicted molar refractivity (Wildman–Crippen MR) is 51.7 cm³/mol. The molecule has 0 amide bonds. The third-order valence-electron chi connectivity index (χ3n) is 1.30. The van der Waals surface area contributed by atoms with Crippen molar-refractivity contribution in [1.29, 1.82) is 0 Å². The zero-order valence-electron chi connectivity index (χ0n) is 5.73. The van der Waals surface area contributed by atoms with E-state index in [9.17, 15) is 4.39 Å². The molecule has 11 heavy (non-hydrogen) atoms. The molecule has 1 aromatic rings. The third kappa shape index (κ3) is 3.34. The molecule has 3 heteroatoms. The van der Waals surface area contributed by atoms with Crippen molar-refractivity contribution in [3.8, 4) is 0 Å². The van der Waals surface area contributed by atoms with Gasteiger partial charge in [0.05, 0.1) is 0 Å². The normalized spacial score (nSPS) is 13.0. The van der Waals surface area contributed by atoms with Crippen LogP contribution in [-0.2, 0) is 6.42 Å². The van der Waals surface area contributed by atoms with Gasteiger partial charge < -0.3 is 0 Å². The molecule has 0 saturated heterocycles. The first kappa shape index (κ1) is 9.20. The Morgan fingerprint density at radius 3 is 2.27 bits per heavy atom. The van der Waals surface area contributed by atoms with Gasteiger partial charge in [0.15, 0.2) is 5.08 Å². The summed E-state index contributed by atoms with van der Waals surface area (Å²) in [4.78, 5) is 0. The van der Waals surface area contributed by atoms with Crippen molar-refractivity contribution in [2.24, 2.45) is 0 Å². The average Bonchev–Trinajstić information content (AvgIpc) is 1.93. The molecule has 1 aromatic carbocycles. The number of hydrogen-bond donors (Lipinski definition) is 0. The Morgan fingerprint density at radius 1 is 1.27 bits per heavy atom. The molecule has 1 unspecified atom stereocenters. The van der Waals surface area contributed by atoms with Crippen LogP contribution in [0.5, 0.6) is 0 Å². The van der Waals surface area contributed by atoms with E-state index in [1.807, 2.05) is 24.3 Å². The summed E-state index contributed by atoms with van der Waals surface area (Å²) in [6.07, 6.45) is 0.424. The average molecular weight is 282 g/mol. The van der Waals surface area contributed by atoms with Crippen LogP contribution in [0.1, 0.15) is 5.56 Å². The highest BCUT2D eigenvalue weighted by molar-refractivity contribution is 9.10. The largest absolute Gasteiger partial charge is 0.235 e. The lowest BCUT2D eigenvalue weighted by atomic mass is 10.2. The van der Waals surface area contributed by atoms with E-state index in [0.29, 0.717) is 6.42 Å². The zero-order valence-corrected chi connectivity index (χ0v) is 8.90. The highest BCUT2D eigenvalue weighted by Crippen LogP contribution is 2.14. The SMILES string of the molecule is FC(Br)Cc1ccc(Br)cc1. The summed E-state index contributed by atoms with van der Waals surface area (Å²) in [7, 11) is 0. The maximum Gasteiger partial charge on any atom is 0.158 e. The van der Waals surface area contributed by atoms with Crippen LogP contribution in [-0.4, -0.2) is 5.08 Å². The summed E-state index contributed by atoms with van der Waals surface area (Å²) < 4.78 is 13.4. The summed E-state index contributed by atoms with van der Waals surface area (Å²) in [5.41, 5.74) is 0.998. The molecule has 0 nitrogen and oxygen atoms in total. The molecule has 0 aliphatic heterocycles. The highest BCUT2D eigenvalue weighted by atomic mass is 79.9. The van der Waals surface area contributed by atoms with E-state index in [0.717, 1.165) is 10.0 Å². The molecule has 0 bridgehead atoms. The van der Waals surface area contributed by atoms with Crippen LogP contribution in [0.4, 0.5) is 4.39 Å². The summed E-state index contributed by atoms with van der Waals surface area (Å²) in [5, 5.41) is -0.941. The number of halogens is 3. The second-order valence-corrected chi connectivity index (χ2v) is 4.13. The van der Waals surface area contributed by atoms with Gasteiger partial charge in [0.25, 0.3) is 0 Å². The first-order chi connectivity index (χ1) is 5.18. The monoisotopic (exact) mass is 280 g/mol. The maximum atomic E-state index is 12.4. The lowest BCUT2D eigenvalue weighted by Gasteiger charge is -1.99. The van der Waals surface area contributed by atoms with Crippen molar-refractivity contribution >= 4 is 31.9 Å². The molecule has 0 radical (unpaired) electrons. The minimum absolute atomic E-state index is 0.424. The van der Waals surface area contributed by atoms with E-state index in [2.05, 4.69) is 31.9 Å². The number of benzene rings is 1. The van der Waals surface area contributed by atoms with Gasteiger partial charge in [-0.15, -0.1) is 0 Å². The van der Waals surface area contributed by atoms with Crippen molar-refractivity contribution in [2.75, 3.05) is 0 Å². The topological polar surface area (TPSA) is 0 Å². The summed E-state index contributed by atoms with van der Waals surface area (Å²) in [6.45, 7) is 0. The molecule has 0 N–H and O–H groups in total. The van der Waals surface area contributed by atoms with Gasteiger partial charge in [-0.3, -0.25) is 0 Å². The van der Waals surface area contributed by atoms with E-state index < -0.39 is 5.08 Å². The van der Waals surface area contributed by atoms with E-state index in [1.54, 1.807) is 0 Å². The molecule has 0 heterocycles. The van der Waals surface area contributed by atoms with Gasteiger partial charge in [0, 0.05) is 10.9 Å². The standard InChI is InChI=1S/C8H7Br2F/c9-7-3-1-6(2-4-7)5-8(10)11/h1-4,8H,5H2. The predicted octanol–water partition coefficient (Wildman–Crippen LogP) is 3.68. The van der Waals surface area contributed by atoms with Gasteiger partial charge >= 0.3 is 0 Å². The Kier molecular flexibility index (Phi) is 3.52. The summed E-state index contributed by atoms with van der Waals surface area (Å²) in [5.74, 6) is 0. The molecule has 1 atom stereocenters. The second kappa shape index (κ2) is 4.21. The Labute approximate surface area is 82.1 Å². The van der Waals surface area contributed by atoms with Crippen molar-refractivity contribution in [1.82, 2.24) is 0 Å². The van der Waals surface area contributed by atoms with Gasteiger partial charge in [0.1, 0.15) is 0 Å². The fraction of sp³-hybridized carbons (Fsp3) is 0.250. The molecule has 0 aromatic heterocycles. The Balaban J connectivity index is 2.66. The van der Waals surface area contributed by atoms with E-state index >= 15 is 0 Å². The molecular formula is C8H7Br2F. The molecule has 0 fully saturated rings. The van der Waals surface area contributed by atoms with Gasteiger partial charge in [-0.1, -0.05) is 44.0 Å². The molecule has 0 aliphatic rings. The quantitative estimate of drug-likeness (QED) is 0.726. The lowest BCUT2D eigenvalue weighted by Crippen LogP contribution is -1.93. The van der Waals surface area contributed by atoms with Crippen LogP contribution in [0.15, 0.2) is 28.7 Å². The van der Waals surface area contributed by atoms with Crippen LogP contribution in [0.2, 0.25) is 0 Å². The highest BCUT2D eigenvalue weighted by Gasteiger charge is 2.00. The van der Waals surface area contributed by atoms with Gasteiger partial charge in [-0.25, -0.2) is 4.39 Å². The van der Waals surface area contributed by atoms with Crippen LogP contribution in [0.3, 0.4) is 0 Å². The fourth-order valence-electron chi connectivity index (χ4n) is 0.799. The lowest BCUT2D eigenvalue weighted by molar-refractivity contribution is 0.460. The molecule has 1 rings (SSSR count). The third-order valence-corrected chi connectivity index (χ3v) is 2.16. The van der Waals surface area contributed by atoms with Crippen LogP contribution < -0.4 is 0 Å². The van der Waals surface area contributed by atoms with Gasteiger partial charge in [0.2, 0.25) is 0 Å². The van der Waals surface area contributed by atoms with Crippen molar-refractivity contribution in [2.45, 2.75) is 11.5 Å². The molecule has 0 spiro atoms. The van der Waals surface area contributed by atoms with E-state index in [-0.39, 0.29) is 0 Å². The fourth-order valence-corrected chi connectivity index (χ4v) is 1.44. The zero-order chi connectivity index (χ0) is 8.27. The first-order valence-electron chi connectivity index (χ1n) is 3.21. The summed E-state index contributed by atoms with van der Waals surface area (Å²) >= 11 is 6.16. The molecule has 60 valence electrons. The number of alkyl halides is 2. The van der Waals surface area contributed by atoms with Crippen LogP contribution >= 0.6 is 31.9 Å². The minimum atomic E-state index is -0.941. The van der Waals surface area contributed by atoms with Crippen LogP contribution in [0, 0.1) is 0 Å². The molecule has 0 saturated carbocycles. The first-order valence-corrected chi connectivity index (χ1v) is 4.92. The maximum absolute atomic E-state index is 12.4. The second-order valence-electron chi connectivity index (χ2n) is 2.22. The Morgan fingerprint density at radius 2 is 1.82 bits per heavy atom. The van der Waals surface area contributed by atoms with Crippen molar-refractivity contribution < 1.29 is 4.39 Å². The van der Waals surface area contributed by atoms with Gasteiger partial charge in [-0.2, -0.15) is 0 Å². The molecular weight excluding hydrogens is 275 g/mol. The van der Waals surface area contributed by atoms with E-state index in [4.69, 9.17) is 0 Å². The van der Waals surface area contributed by atoms with Crippen molar-refractivity contribution in [3.63, 3.8) is 0 Å². The van der Waals surface area contributed by atoms with E-state index in [1.165, 1.54) is 0 Å². The Hall–Kier alpha value is 0.110. The van der Waals surface area contributed by atoms with Crippen molar-refractivity contribution in [3.05, 3.63) is 34.3 Å². The van der Waals surface area contributed by atoms with Crippen LogP contribution in [0.25, 0.3) is 0 Å². The minimum Gasteiger partial charge on any atom is -0.235 e. The number of rotatable bonds is 2. The smallest absolute Gasteiger partial charge is 0.158 e. The Bertz CT molecular complexity index is 218. The number of hydrogen-bond acceptors (Lipinski definition) is 0. The summed E-state index contributed by atoms with van der Waals surface area (Å²) in [6, 6.07) is 7.62. The van der Waals surface area contributed by atoms with Gasteiger partial charge in [-0.05, 0) is 17.7 Å².